The maximum absolute atomic E-state index is 11.4. The Morgan fingerprint density at radius 2 is 2.36 bits per heavy atom. The molecule has 80 valence electrons. The summed E-state index contributed by atoms with van der Waals surface area (Å²) < 4.78 is 4.76. The van der Waals surface area contributed by atoms with Gasteiger partial charge in [-0.15, -0.1) is 0 Å². The van der Waals surface area contributed by atoms with Crippen LogP contribution in [0.3, 0.4) is 0 Å². The molecule has 0 aromatic heterocycles. The van der Waals surface area contributed by atoms with Crippen molar-refractivity contribution < 1.29 is 14.3 Å². The van der Waals surface area contributed by atoms with Crippen molar-refractivity contribution in [3.05, 3.63) is 0 Å². The smallest absolute Gasteiger partial charge is 0.307 e. The van der Waals surface area contributed by atoms with Crippen LogP contribution in [0.15, 0.2) is 0 Å². The van der Waals surface area contributed by atoms with E-state index < -0.39 is 6.04 Å². The number of rotatable bonds is 3. The van der Waals surface area contributed by atoms with Crippen molar-refractivity contribution in [2.45, 2.75) is 32.4 Å². The molecule has 1 heterocycles. The van der Waals surface area contributed by atoms with Crippen molar-refractivity contribution in [2.24, 2.45) is 0 Å². The van der Waals surface area contributed by atoms with Gasteiger partial charge in [-0.2, -0.15) is 0 Å². The summed E-state index contributed by atoms with van der Waals surface area (Å²) in [7, 11) is 0. The van der Waals surface area contributed by atoms with Gasteiger partial charge in [-0.25, -0.2) is 0 Å². The number of hydrogen-bond donors (Lipinski definition) is 2. The van der Waals surface area contributed by atoms with Gasteiger partial charge < -0.3 is 15.4 Å². The quantitative estimate of drug-likeness (QED) is 0.598. The normalized spacial score (nSPS) is 26.9. The Morgan fingerprint density at radius 3 is 2.93 bits per heavy atom. The van der Waals surface area contributed by atoms with Crippen LogP contribution in [0.5, 0.6) is 0 Å². The zero-order valence-electron chi connectivity index (χ0n) is 8.50. The molecule has 1 aliphatic heterocycles. The molecule has 5 nitrogen and oxygen atoms in total. The molecular weight excluding hydrogens is 184 g/mol. The van der Waals surface area contributed by atoms with E-state index >= 15 is 0 Å². The summed E-state index contributed by atoms with van der Waals surface area (Å²) in [6, 6.07) is -0.314. The summed E-state index contributed by atoms with van der Waals surface area (Å²) in [5, 5.41) is 5.76. The fraction of sp³-hybridized carbons (Fsp3) is 0.778. The van der Waals surface area contributed by atoms with Crippen molar-refractivity contribution in [1.29, 1.82) is 0 Å². The Balaban J connectivity index is 2.37. The molecule has 14 heavy (non-hydrogen) atoms. The molecule has 5 heteroatoms. The fourth-order valence-corrected chi connectivity index (χ4v) is 1.36. The van der Waals surface area contributed by atoms with Crippen LogP contribution in [0.25, 0.3) is 0 Å². The first-order valence-electron chi connectivity index (χ1n) is 4.83. The van der Waals surface area contributed by atoms with Gasteiger partial charge >= 0.3 is 5.97 Å². The van der Waals surface area contributed by atoms with Crippen LogP contribution >= 0.6 is 0 Å². The lowest BCUT2D eigenvalue weighted by atomic mass is 10.1. The second-order valence-electron chi connectivity index (χ2n) is 3.38. The van der Waals surface area contributed by atoms with Gasteiger partial charge in [0, 0.05) is 12.6 Å². The van der Waals surface area contributed by atoms with E-state index in [-0.39, 0.29) is 24.3 Å². The molecule has 1 fully saturated rings. The van der Waals surface area contributed by atoms with Gasteiger partial charge in [-0.1, -0.05) is 0 Å². The second kappa shape index (κ2) is 4.95. The zero-order chi connectivity index (χ0) is 10.6. The number of piperazine rings is 1. The van der Waals surface area contributed by atoms with E-state index in [1.54, 1.807) is 6.92 Å². The average molecular weight is 200 g/mol. The van der Waals surface area contributed by atoms with E-state index in [1.165, 1.54) is 0 Å². The Hall–Kier alpha value is -1.10. The highest BCUT2D eigenvalue weighted by molar-refractivity contribution is 5.87. The van der Waals surface area contributed by atoms with Crippen molar-refractivity contribution in [3.63, 3.8) is 0 Å². The molecule has 2 atom stereocenters. The monoisotopic (exact) mass is 200 g/mol. The Bertz CT molecular complexity index is 230. The van der Waals surface area contributed by atoms with E-state index in [0.29, 0.717) is 13.2 Å². The minimum absolute atomic E-state index is 0.104. The summed E-state index contributed by atoms with van der Waals surface area (Å²) in [5.41, 5.74) is 0. The van der Waals surface area contributed by atoms with Gasteiger partial charge in [0.25, 0.3) is 0 Å². The molecule has 0 aromatic rings. The van der Waals surface area contributed by atoms with Crippen LogP contribution in [0, 0.1) is 0 Å². The highest BCUT2D eigenvalue weighted by Crippen LogP contribution is 2.01. The van der Waals surface area contributed by atoms with Crippen molar-refractivity contribution >= 4 is 11.9 Å². The SMILES string of the molecule is CCOC(=O)C[C@@H]1NC[C@H](C)NC1=O. The third-order valence-corrected chi connectivity index (χ3v) is 2.05. The number of amides is 1. The van der Waals surface area contributed by atoms with Crippen LogP contribution in [0.1, 0.15) is 20.3 Å². The zero-order valence-corrected chi connectivity index (χ0v) is 8.50. The Labute approximate surface area is 83.2 Å². The number of ether oxygens (including phenoxy) is 1. The Kier molecular flexibility index (Phi) is 3.88. The third kappa shape index (κ3) is 2.99. The molecule has 2 N–H and O–H groups in total. The first kappa shape index (κ1) is 11.0. The Morgan fingerprint density at radius 1 is 1.64 bits per heavy atom. The summed E-state index contributed by atoms with van der Waals surface area (Å²) in [6.45, 7) is 4.69. The van der Waals surface area contributed by atoms with Gasteiger partial charge in [0.1, 0.15) is 0 Å². The second-order valence-corrected chi connectivity index (χ2v) is 3.38. The molecule has 1 saturated heterocycles. The van der Waals surface area contributed by atoms with E-state index in [1.807, 2.05) is 6.92 Å². The maximum Gasteiger partial charge on any atom is 0.307 e. The van der Waals surface area contributed by atoms with Crippen LogP contribution in [-0.4, -0.2) is 37.1 Å². The summed E-state index contributed by atoms with van der Waals surface area (Å²) >= 11 is 0. The molecule has 0 unspecified atom stereocenters. The lowest BCUT2D eigenvalue weighted by Crippen LogP contribution is -2.57. The molecule has 1 rings (SSSR count). The molecule has 0 aliphatic carbocycles. The van der Waals surface area contributed by atoms with Crippen LogP contribution in [0.4, 0.5) is 0 Å². The fourth-order valence-electron chi connectivity index (χ4n) is 1.36. The maximum atomic E-state index is 11.4. The summed E-state index contributed by atoms with van der Waals surface area (Å²) in [5.74, 6) is -0.466. The van der Waals surface area contributed by atoms with Gasteiger partial charge in [0.2, 0.25) is 5.91 Å². The van der Waals surface area contributed by atoms with Crippen molar-refractivity contribution in [2.75, 3.05) is 13.2 Å². The van der Waals surface area contributed by atoms with Crippen LogP contribution in [0.2, 0.25) is 0 Å². The molecule has 0 bridgehead atoms. The van der Waals surface area contributed by atoms with Gasteiger partial charge in [-0.05, 0) is 13.8 Å². The summed E-state index contributed by atoms with van der Waals surface area (Å²) in [4.78, 5) is 22.5. The predicted octanol–water partition coefficient (Wildman–Crippen LogP) is -0.584. The lowest BCUT2D eigenvalue weighted by molar-refractivity contribution is -0.145. The number of hydrogen-bond acceptors (Lipinski definition) is 4. The van der Waals surface area contributed by atoms with E-state index in [2.05, 4.69) is 10.6 Å². The van der Waals surface area contributed by atoms with E-state index in [0.717, 1.165) is 0 Å². The topological polar surface area (TPSA) is 67.4 Å². The highest BCUT2D eigenvalue weighted by atomic mass is 16.5. The number of carbonyl (C=O) groups is 2. The molecule has 0 saturated carbocycles. The number of nitrogens with one attached hydrogen (secondary N) is 2. The highest BCUT2D eigenvalue weighted by Gasteiger charge is 2.27. The third-order valence-electron chi connectivity index (χ3n) is 2.05. The molecule has 0 aromatic carbocycles. The molecule has 1 aliphatic rings. The molecule has 1 amide bonds. The summed E-state index contributed by atoms with van der Waals surface area (Å²) in [6.07, 6.45) is 0.104. The van der Waals surface area contributed by atoms with Crippen LogP contribution in [-0.2, 0) is 14.3 Å². The predicted molar refractivity (Wildman–Crippen MR) is 50.6 cm³/mol. The van der Waals surface area contributed by atoms with Gasteiger partial charge in [0.05, 0.1) is 19.1 Å². The van der Waals surface area contributed by atoms with E-state index in [9.17, 15) is 9.59 Å². The first-order chi connectivity index (χ1) is 6.63. The largest absolute Gasteiger partial charge is 0.466 e. The molecular formula is C9H16N2O3. The average Bonchev–Trinajstić information content (AvgIpc) is 2.10. The minimum atomic E-state index is -0.440. The number of carbonyl (C=O) groups excluding carboxylic acids is 2. The standard InChI is InChI=1S/C9H16N2O3/c1-3-14-8(12)4-7-9(13)11-6(2)5-10-7/h6-7,10H,3-5H2,1-2H3,(H,11,13)/t6-,7-/m0/s1. The minimum Gasteiger partial charge on any atom is -0.466 e. The first-order valence-corrected chi connectivity index (χ1v) is 4.83. The molecule has 0 radical (unpaired) electrons. The molecule has 0 spiro atoms. The number of esters is 1. The lowest BCUT2D eigenvalue weighted by Gasteiger charge is -2.27. The van der Waals surface area contributed by atoms with E-state index in [4.69, 9.17) is 4.74 Å². The van der Waals surface area contributed by atoms with Gasteiger partial charge in [0.15, 0.2) is 0 Å². The van der Waals surface area contributed by atoms with Crippen LogP contribution < -0.4 is 10.6 Å². The van der Waals surface area contributed by atoms with Crippen molar-refractivity contribution in [1.82, 2.24) is 10.6 Å². The van der Waals surface area contributed by atoms with Crippen molar-refractivity contribution in [3.8, 4) is 0 Å². The van der Waals surface area contributed by atoms with Gasteiger partial charge in [-0.3, -0.25) is 9.59 Å².